The quantitative estimate of drug-likeness (QED) is 0.841. The minimum atomic E-state index is -0.138. The van der Waals surface area contributed by atoms with Gasteiger partial charge in [-0.2, -0.15) is 0 Å². The summed E-state index contributed by atoms with van der Waals surface area (Å²) in [5.74, 6) is 0.865. The van der Waals surface area contributed by atoms with Crippen LogP contribution in [-0.4, -0.2) is 55.1 Å². The summed E-state index contributed by atoms with van der Waals surface area (Å²) in [6, 6.07) is 7.63. The first kappa shape index (κ1) is 18.7. The van der Waals surface area contributed by atoms with E-state index >= 15 is 0 Å². The highest BCUT2D eigenvalue weighted by Gasteiger charge is 2.26. The number of rotatable bonds is 6. The molecule has 0 radical (unpaired) electrons. The molecule has 26 heavy (non-hydrogen) atoms. The lowest BCUT2D eigenvalue weighted by atomic mass is 10.2. The first-order valence-electron chi connectivity index (χ1n) is 8.88. The molecule has 1 N–H and O–H groups in total. The van der Waals surface area contributed by atoms with Gasteiger partial charge in [0.2, 0.25) is 5.91 Å². The van der Waals surface area contributed by atoms with Gasteiger partial charge < -0.3 is 15.0 Å². The number of hydrogen-bond donors (Lipinski definition) is 1. The van der Waals surface area contributed by atoms with E-state index in [1.54, 1.807) is 18.4 Å². The SMILES string of the molecule is COc1cccc(CNC(=O)C(C)N2CCN(c3nc(C)cs3)CC2)c1. The van der Waals surface area contributed by atoms with Crippen LogP contribution in [0.2, 0.25) is 0 Å². The van der Waals surface area contributed by atoms with Crippen molar-refractivity contribution in [3.63, 3.8) is 0 Å². The van der Waals surface area contributed by atoms with Crippen molar-refractivity contribution >= 4 is 22.4 Å². The minimum absolute atomic E-state index is 0.0614. The molecule has 0 saturated carbocycles. The average Bonchev–Trinajstić information content (AvgIpc) is 3.12. The number of methoxy groups -OCH3 is 1. The van der Waals surface area contributed by atoms with Crippen LogP contribution in [0, 0.1) is 6.92 Å². The predicted octanol–water partition coefficient (Wildman–Crippen LogP) is 2.29. The number of carbonyl (C=O) groups excluding carboxylic acids is 1. The first-order valence-corrected chi connectivity index (χ1v) is 9.76. The molecule has 1 aromatic carbocycles. The summed E-state index contributed by atoms with van der Waals surface area (Å²) in [5.41, 5.74) is 2.10. The van der Waals surface area contributed by atoms with Crippen molar-refractivity contribution in [2.75, 3.05) is 38.2 Å². The maximum atomic E-state index is 12.5. The van der Waals surface area contributed by atoms with E-state index in [0.29, 0.717) is 6.54 Å². The van der Waals surface area contributed by atoms with Crippen molar-refractivity contribution in [3.8, 4) is 5.75 Å². The molecule has 1 unspecified atom stereocenters. The number of aromatic nitrogens is 1. The highest BCUT2D eigenvalue weighted by atomic mass is 32.1. The van der Waals surface area contributed by atoms with Crippen LogP contribution in [0.4, 0.5) is 5.13 Å². The highest BCUT2D eigenvalue weighted by molar-refractivity contribution is 7.13. The molecule has 0 bridgehead atoms. The van der Waals surface area contributed by atoms with E-state index in [9.17, 15) is 4.79 Å². The zero-order chi connectivity index (χ0) is 18.5. The van der Waals surface area contributed by atoms with Crippen molar-refractivity contribution in [2.24, 2.45) is 0 Å². The number of thiazole rings is 1. The summed E-state index contributed by atoms with van der Waals surface area (Å²) in [6.45, 7) is 8.05. The smallest absolute Gasteiger partial charge is 0.237 e. The summed E-state index contributed by atoms with van der Waals surface area (Å²) in [4.78, 5) is 21.6. The van der Waals surface area contributed by atoms with Crippen molar-refractivity contribution in [3.05, 3.63) is 40.9 Å². The van der Waals surface area contributed by atoms with E-state index in [0.717, 1.165) is 48.3 Å². The number of piperazine rings is 1. The predicted molar refractivity (Wildman–Crippen MR) is 105 cm³/mol. The standard InChI is InChI=1S/C19H26N4O2S/c1-14-13-26-19(21-14)23-9-7-22(8-10-23)15(2)18(24)20-12-16-5-4-6-17(11-16)25-3/h4-6,11,13,15H,7-10,12H2,1-3H3,(H,20,24). The lowest BCUT2D eigenvalue weighted by Gasteiger charge is -2.37. The molecular formula is C19H26N4O2S. The van der Waals surface area contributed by atoms with Crippen LogP contribution in [0.15, 0.2) is 29.6 Å². The normalized spacial score (nSPS) is 16.3. The zero-order valence-corrected chi connectivity index (χ0v) is 16.4. The van der Waals surface area contributed by atoms with E-state index in [1.165, 1.54) is 0 Å². The van der Waals surface area contributed by atoms with Gasteiger partial charge in [-0.15, -0.1) is 11.3 Å². The summed E-state index contributed by atoms with van der Waals surface area (Å²) < 4.78 is 5.22. The Morgan fingerprint density at radius 3 is 2.77 bits per heavy atom. The van der Waals surface area contributed by atoms with Crippen molar-refractivity contribution < 1.29 is 9.53 Å². The summed E-state index contributed by atoms with van der Waals surface area (Å²) in [7, 11) is 1.65. The van der Waals surface area contributed by atoms with Gasteiger partial charge in [0, 0.05) is 38.1 Å². The number of nitrogens with zero attached hydrogens (tertiary/aromatic N) is 3. The van der Waals surface area contributed by atoms with Gasteiger partial charge >= 0.3 is 0 Å². The number of carbonyl (C=O) groups is 1. The molecule has 1 aromatic heterocycles. The van der Waals surface area contributed by atoms with Crippen LogP contribution < -0.4 is 15.0 Å². The lowest BCUT2D eigenvalue weighted by molar-refractivity contribution is -0.126. The zero-order valence-electron chi connectivity index (χ0n) is 15.6. The Morgan fingerprint density at radius 1 is 1.35 bits per heavy atom. The van der Waals surface area contributed by atoms with Gasteiger partial charge in [-0.25, -0.2) is 4.98 Å². The molecule has 1 atom stereocenters. The van der Waals surface area contributed by atoms with E-state index in [4.69, 9.17) is 4.74 Å². The molecular weight excluding hydrogens is 348 g/mol. The fourth-order valence-electron chi connectivity index (χ4n) is 3.07. The van der Waals surface area contributed by atoms with Gasteiger partial charge in [-0.3, -0.25) is 9.69 Å². The summed E-state index contributed by atoms with van der Waals surface area (Å²) >= 11 is 1.69. The van der Waals surface area contributed by atoms with Crippen molar-refractivity contribution in [1.29, 1.82) is 0 Å². The van der Waals surface area contributed by atoms with E-state index in [2.05, 4.69) is 25.5 Å². The van der Waals surface area contributed by atoms with Crippen LogP contribution >= 0.6 is 11.3 Å². The Balaban J connectivity index is 1.48. The van der Waals surface area contributed by atoms with E-state index in [-0.39, 0.29) is 11.9 Å². The molecule has 1 aliphatic rings. The molecule has 7 heteroatoms. The Kier molecular flexibility index (Phi) is 6.11. The van der Waals surface area contributed by atoms with Gasteiger partial charge in [0.05, 0.1) is 18.8 Å². The molecule has 3 rings (SSSR count). The number of benzene rings is 1. The van der Waals surface area contributed by atoms with Gasteiger partial charge in [-0.1, -0.05) is 12.1 Å². The minimum Gasteiger partial charge on any atom is -0.497 e. The Morgan fingerprint density at radius 2 is 2.12 bits per heavy atom. The summed E-state index contributed by atoms with van der Waals surface area (Å²) in [6.07, 6.45) is 0. The Labute approximate surface area is 158 Å². The Hall–Kier alpha value is -2.12. The van der Waals surface area contributed by atoms with Gasteiger partial charge in [0.25, 0.3) is 0 Å². The topological polar surface area (TPSA) is 57.7 Å². The second kappa shape index (κ2) is 8.51. The molecule has 1 amide bonds. The number of hydrogen-bond acceptors (Lipinski definition) is 6. The second-order valence-electron chi connectivity index (χ2n) is 6.54. The van der Waals surface area contributed by atoms with E-state index in [1.807, 2.05) is 38.1 Å². The summed E-state index contributed by atoms with van der Waals surface area (Å²) in [5, 5.41) is 6.19. The maximum absolute atomic E-state index is 12.5. The maximum Gasteiger partial charge on any atom is 0.237 e. The number of amides is 1. The largest absolute Gasteiger partial charge is 0.497 e. The molecule has 2 aromatic rings. The molecule has 0 aliphatic carbocycles. The van der Waals surface area contributed by atoms with Crippen LogP contribution in [0.3, 0.4) is 0 Å². The molecule has 140 valence electrons. The third kappa shape index (κ3) is 4.53. The van der Waals surface area contributed by atoms with Crippen LogP contribution in [0.1, 0.15) is 18.2 Å². The van der Waals surface area contributed by atoms with Crippen molar-refractivity contribution in [1.82, 2.24) is 15.2 Å². The Bertz CT molecular complexity index is 741. The third-order valence-corrected chi connectivity index (χ3v) is 5.74. The van der Waals surface area contributed by atoms with Gasteiger partial charge in [0.15, 0.2) is 5.13 Å². The molecule has 2 heterocycles. The first-order chi connectivity index (χ1) is 12.6. The van der Waals surface area contributed by atoms with Crippen molar-refractivity contribution in [2.45, 2.75) is 26.4 Å². The fraction of sp³-hybridized carbons (Fsp3) is 0.474. The molecule has 1 saturated heterocycles. The van der Waals surface area contributed by atoms with Crippen LogP contribution in [0.5, 0.6) is 5.75 Å². The van der Waals surface area contributed by atoms with Gasteiger partial charge in [0.1, 0.15) is 5.75 Å². The fourth-order valence-corrected chi connectivity index (χ4v) is 3.93. The molecule has 1 fully saturated rings. The van der Waals surface area contributed by atoms with Crippen LogP contribution in [-0.2, 0) is 11.3 Å². The molecule has 6 nitrogen and oxygen atoms in total. The number of ether oxygens (including phenoxy) is 1. The molecule has 0 spiro atoms. The second-order valence-corrected chi connectivity index (χ2v) is 7.38. The average molecular weight is 375 g/mol. The number of anilines is 1. The van der Waals surface area contributed by atoms with Crippen LogP contribution in [0.25, 0.3) is 0 Å². The number of aryl methyl sites for hydroxylation is 1. The number of nitrogens with one attached hydrogen (secondary N) is 1. The monoisotopic (exact) mass is 374 g/mol. The van der Waals surface area contributed by atoms with E-state index < -0.39 is 0 Å². The highest BCUT2D eigenvalue weighted by Crippen LogP contribution is 2.22. The molecule has 1 aliphatic heterocycles. The van der Waals surface area contributed by atoms with Gasteiger partial charge in [-0.05, 0) is 31.5 Å². The third-order valence-electron chi connectivity index (χ3n) is 4.72. The lowest BCUT2D eigenvalue weighted by Crippen LogP contribution is -2.53.